The first-order valence-corrected chi connectivity index (χ1v) is 4.77. The Balaban J connectivity index is 3.00. The van der Waals surface area contributed by atoms with Crippen LogP contribution in [0.2, 0.25) is 0 Å². The molecule has 0 N–H and O–H groups in total. The Bertz CT molecular complexity index is 159. The van der Waals surface area contributed by atoms with Gasteiger partial charge in [-0.15, -0.1) is 0 Å². The highest BCUT2D eigenvalue weighted by atomic mass is 32.2. The first-order valence-electron chi connectivity index (χ1n) is 2.98. The van der Waals surface area contributed by atoms with Gasteiger partial charge in [-0.05, 0) is 12.8 Å². The van der Waals surface area contributed by atoms with E-state index in [-0.39, 0.29) is 12.8 Å². The molecule has 0 aromatic heterocycles. The lowest BCUT2D eigenvalue weighted by Gasteiger charge is -2.31. The van der Waals surface area contributed by atoms with E-state index >= 15 is 0 Å². The Morgan fingerprint density at radius 1 is 0.818 bits per heavy atom. The average molecular weight is 234 g/mol. The lowest BCUT2D eigenvalue weighted by Crippen LogP contribution is -2.44. The van der Waals surface area contributed by atoms with Crippen LogP contribution in [-0.2, 0) is 0 Å². The van der Waals surface area contributed by atoms with Gasteiger partial charge in [-0.1, -0.05) is 0 Å². The van der Waals surface area contributed by atoms with Crippen LogP contribution in [0.3, 0.4) is 0 Å². The molecule has 1 rings (SSSR count). The average Bonchev–Trinajstić information content (AvgIpc) is 1.93. The van der Waals surface area contributed by atoms with E-state index in [0.29, 0.717) is 0 Å². The van der Waals surface area contributed by atoms with Crippen LogP contribution in [0.15, 0.2) is 0 Å². The quantitative estimate of drug-likeness (QED) is 0.359. The van der Waals surface area contributed by atoms with Crippen molar-refractivity contribution in [3.63, 3.8) is 0 Å². The van der Waals surface area contributed by atoms with Crippen LogP contribution < -0.4 is 0 Å². The van der Waals surface area contributed by atoms with Crippen LogP contribution in [0.1, 0.15) is 12.8 Å². The molecule has 0 atom stereocenters. The second-order valence-corrected chi connectivity index (χ2v) is 6.47. The summed E-state index contributed by atoms with van der Waals surface area (Å²) in [6.07, 6.45) is 0.415. The molecule has 0 aliphatic heterocycles. The molecule has 0 aromatic rings. The molecule has 0 unspecified atom stereocenters. The van der Waals surface area contributed by atoms with Gasteiger partial charge in [-0.2, -0.15) is 50.5 Å². The maximum absolute atomic E-state index is 13.2. The van der Waals surface area contributed by atoms with Gasteiger partial charge in [0.15, 0.2) is 0 Å². The second kappa shape index (κ2) is 2.62. The minimum Gasteiger partial charge on any atom is -0.202 e. The third-order valence-corrected chi connectivity index (χ3v) is 3.85. The number of alkyl halides is 2. The van der Waals surface area contributed by atoms with Gasteiger partial charge in [-0.25, -0.2) is 8.78 Å². The molecule has 0 saturated heterocycles. The van der Waals surface area contributed by atoms with Gasteiger partial charge in [0.05, 0.1) is 0 Å². The summed E-state index contributed by atoms with van der Waals surface area (Å²) in [6, 6.07) is 0. The first kappa shape index (κ1) is 10.3. The van der Waals surface area contributed by atoms with E-state index < -0.39 is 14.1 Å². The largest absolute Gasteiger partial charge is 0.293 e. The molecule has 0 radical (unpaired) electrons. The highest BCUT2D eigenvalue weighted by Crippen LogP contribution is 2.59. The summed E-state index contributed by atoms with van der Waals surface area (Å²) in [4.78, 5) is 0. The monoisotopic (exact) mass is 234 g/mol. The van der Waals surface area contributed by atoms with E-state index in [0.717, 1.165) is 0 Å². The summed E-state index contributed by atoms with van der Waals surface area (Å²) in [5, 5.41) is 0. The molecule has 1 saturated carbocycles. The van der Waals surface area contributed by atoms with Crippen molar-refractivity contribution in [1.29, 1.82) is 0 Å². The molecule has 0 aromatic carbocycles. The van der Waals surface area contributed by atoms with Crippen molar-refractivity contribution in [3.05, 3.63) is 0 Å². The normalized spacial score (nSPS) is 32.2. The summed E-state index contributed by atoms with van der Waals surface area (Å²) < 4.78 is 23.2. The second-order valence-electron chi connectivity index (χ2n) is 2.71. The van der Waals surface area contributed by atoms with E-state index in [1.807, 2.05) is 0 Å². The van der Waals surface area contributed by atoms with Gasteiger partial charge in [0.25, 0.3) is 5.92 Å². The molecule has 0 amide bonds. The van der Waals surface area contributed by atoms with Crippen molar-refractivity contribution in [2.24, 2.45) is 0 Å². The fraction of sp³-hybridized carbons (Fsp3) is 1.00. The first-order chi connectivity index (χ1) is 4.71. The summed E-state index contributed by atoms with van der Waals surface area (Å²) >= 11 is 15.0. The van der Waals surface area contributed by atoms with Crippen LogP contribution in [-0.4, -0.2) is 14.1 Å². The van der Waals surface area contributed by atoms with Gasteiger partial charge in [0.2, 0.25) is 0 Å². The van der Waals surface area contributed by atoms with E-state index in [9.17, 15) is 8.78 Å². The van der Waals surface area contributed by atoms with Crippen LogP contribution in [0, 0.1) is 0 Å². The van der Waals surface area contributed by atoms with Gasteiger partial charge in [-0.3, -0.25) is 0 Å². The number of hydrogen-bond donors (Lipinski definition) is 4. The Hall–Kier alpha value is 1.26. The SMILES string of the molecule is FC1(F)C(S)(S)CCC1(S)S. The van der Waals surface area contributed by atoms with Crippen LogP contribution >= 0.6 is 50.5 Å². The standard InChI is InChI=1S/C5H8F2S4/c6-5(7)3(8,9)1-2-4(5,10)11/h8-11H,1-2H2. The molecular weight excluding hydrogens is 226 g/mol. The van der Waals surface area contributed by atoms with Crippen LogP contribution in [0.4, 0.5) is 8.78 Å². The van der Waals surface area contributed by atoms with E-state index in [1.165, 1.54) is 0 Å². The van der Waals surface area contributed by atoms with E-state index in [4.69, 9.17) is 0 Å². The number of thiol groups is 4. The zero-order chi connectivity index (χ0) is 8.91. The molecule has 1 fully saturated rings. The number of halogens is 2. The summed E-state index contributed by atoms with van der Waals surface area (Å²) in [6.45, 7) is 0. The molecule has 0 heterocycles. The maximum atomic E-state index is 13.2. The Labute approximate surface area is 86.1 Å². The van der Waals surface area contributed by atoms with Crippen molar-refractivity contribution in [3.8, 4) is 0 Å². The molecular formula is C5H8F2S4. The van der Waals surface area contributed by atoms with Crippen molar-refractivity contribution in [1.82, 2.24) is 0 Å². The minimum absolute atomic E-state index is 0.208. The fourth-order valence-electron chi connectivity index (χ4n) is 0.983. The predicted molar refractivity (Wildman–Crippen MR) is 55.6 cm³/mol. The topological polar surface area (TPSA) is 0 Å². The molecule has 0 nitrogen and oxygen atoms in total. The van der Waals surface area contributed by atoms with Gasteiger partial charge in [0.1, 0.15) is 8.16 Å². The molecule has 0 spiro atoms. The Morgan fingerprint density at radius 3 is 1.18 bits per heavy atom. The summed E-state index contributed by atoms with van der Waals surface area (Å²) in [7, 11) is 0. The lowest BCUT2D eigenvalue weighted by atomic mass is 10.3. The van der Waals surface area contributed by atoms with Crippen molar-refractivity contribution < 1.29 is 8.78 Å². The van der Waals surface area contributed by atoms with Gasteiger partial charge < -0.3 is 0 Å². The fourth-order valence-corrected chi connectivity index (χ4v) is 2.55. The van der Waals surface area contributed by atoms with Gasteiger partial charge >= 0.3 is 0 Å². The van der Waals surface area contributed by atoms with Crippen molar-refractivity contribution >= 4 is 50.5 Å². The Morgan fingerprint density at radius 2 is 1.09 bits per heavy atom. The maximum Gasteiger partial charge on any atom is 0.293 e. The smallest absolute Gasteiger partial charge is 0.202 e. The third-order valence-electron chi connectivity index (χ3n) is 1.83. The molecule has 1 aliphatic rings. The van der Waals surface area contributed by atoms with Crippen LogP contribution in [0.5, 0.6) is 0 Å². The van der Waals surface area contributed by atoms with Gasteiger partial charge in [0, 0.05) is 0 Å². The van der Waals surface area contributed by atoms with Crippen molar-refractivity contribution in [2.45, 2.75) is 26.9 Å². The highest BCUT2D eigenvalue weighted by Gasteiger charge is 2.65. The van der Waals surface area contributed by atoms with Crippen molar-refractivity contribution in [2.75, 3.05) is 0 Å². The third kappa shape index (κ3) is 1.40. The van der Waals surface area contributed by atoms with E-state index in [1.54, 1.807) is 0 Å². The Kier molecular flexibility index (Phi) is 2.47. The summed E-state index contributed by atoms with van der Waals surface area (Å²) in [5.41, 5.74) is 0. The molecule has 6 heteroatoms. The van der Waals surface area contributed by atoms with Crippen LogP contribution in [0.25, 0.3) is 0 Å². The molecule has 1 aliphatic carbocycles. The lowest BCUT2D eigenvalue weighted by molar-refractivity contribution is 0.00440. The number of hydrogen-bond acceptors (Lipinski definition) is 4. The zero-order valence-corrected chi connectivity index (χ0v) is 9.04. The summed E-state index contributed by atoms with van der Waals surface area (Å²) in [5.74, 6) is -3.06. The molecule has 11 heavy (non-hydrogen) atoms. The minimum atomic E-state index is -3.06. The zero-order valence-electron chi connectivity index (χ0n) is 5.46. The van der Waals surface area contributed by atoms with E-state index in [2.05, 4.69) is 50.5 Å². The highest BCUT2D eigenvalue weighted by molar-refractivity contribution is 8.02. The molecule has 0 bridgehead atoms. The molecule has 66 valence electrons. The number of rotatable bonds is 0. The predicted octanol–water partition coefficient (Wildman–Crippen LogP) is 2.53.